The molecule has 4 aromatic rings. The first-order valence-corrected chi connectivity index (χ1v) is 12.9. The fraction of sp³-hybridized carbons (Fsp3) is 0.231. The average Bonchev–Trinajstić information content (AvgIpc) is 2.88. The zero-order chi connectivity index (χ0) is 24.4. The van der Waals surface area contributed by atoms with E-state index in [0.717, 1.165) is 27.9 Å². The van der Waals surface area contributed by atoms with Gasteiger partial charge in [-0.3, -0.25) is 0 Å². The molecule has 0 saturated carbocycles. The van der Waals surface area contributed by atoms with Gasteiger partial charge >= 0.3 is 0 Å². The standard InChI is InChI=1S/C26H27N5O3S/c1-19-17-25(28-22-8-10-23(34-2)11-9-22)29-26(27-19)30-13-15-31(16-14-30)35(32,33)24-12-7-20-5-3-4-6-21(20)18-24/h3-12,17-18H,13-16H2,1-2H3,(H,27,28,29). The third kappa shape index (κ3) is 4.91. The Kier molecular flexibility index (Phi) is 6.27. The minimum absolute atomic E-state index is 0.322. The molecule has 0 aliphatic carbocycles. The molecule has 0 unspecified atom stereocenters. The van der Waals surface area contributed by atoms with Crippen molar-refractivity contribution in [3.63, 3.8) is 0 Å². The van der Waals surface area contributed by atoms with Crippen LogP contribution in [0.25, 0.3) is 10.8 Å². The largest absolute Gasteiger partial charge is 0.497 e. The molecule has 5 rings (SSSR count). The zero-order valence-electron chi connectivity index (χ0n) is 19.7. The lowest BCUT2D eigenvalue weighted by atomic mass is 10.1. The van der Waals surface area contributed by atoms with Crippen LogP contribution in [0.4, 0.5) is 17.5 Å². The minimum Gasteiger partial charge on any atom is -0.497 e. The lowest BCUT2D eigenvalue weighted by molar-refractivity contribution is 0.382. The number of nitrogens with one attached hydrogen (secondary N) is 1. The van der Waals surface area contributed by atoms with Crippen LogP contribution in [0.3, 0.4) is 0 Å². The first-order chi connectivity index (χ1) is 16.9. The number of methoxy groups -OCH3 is 1. The summed E-state index contributed by atoms with van der Waals surface area (Å²) in [6.45, 7) is 3.68. The van der Waals surface area contributed by atoms with Crippen molar-refractivity contribution in [2.24, 2.45) is 0 Å². The normalized spacial score (nSPS) is 14.7. The van der Waals surface area contributed by atoms with Gasteiger partial charge in [-0.15, -0.1) is 0 Å². The molecule has 3 aromatic carbocycles. The second-order valence-electron chi connectivity index (χ2n) is 8.45. The van der Waals surface area contributed by atoms with E-state index in [4.69, 9.17) is 4.74 Å². The number of sulfonamides is 1. The molecule has 0 amide bonds. The number of hydrogen-bond acceptors (Lipinski definition) is 7. The van der Waals surface area contributed by atoms with Crippen LogP contribution in [0.5, 0.6) is 5.75 Å². The first kappa shape index (κ1) is 23.1. The number of aryl methyl sites for hydroxylation is 1. The molecule has 1 fully saturated rings. The predicted octanol–water partition coefficient (Wildman–Crippen LogP) is 4.20. The van der Waals surface area contributed by atoms with Gasteiger partial charge in [0, 0.05) is 43.6 Å². The predicted molar refractivity (Wildman–Crippen MR) is 138 cm³/mol. The summed E-state index contributed by atoms with van der Waals surface area (Å²) in [6, 6.07) is 22.5. The molecule has 8 nitrogen and oxygen atoms in total. The van der Waals surface area contributed by atoms with Crippen LogP contribution in [0.1, 0.15) is 5.69 Å². The Labute approximate surface area is 205 Å². The van der Waals surface area contributed by atoms with Gasteiger partial charge in [0.25, 0.3) is 0 Å². The zero-order valence-corrected chi connectivity index (χ0v) is 20.5. The van der Waals surface area contributed by atoms with E-state index in [1.165, 1.54) is 0 Å². The van der Waals surface area contributed by atoms with Gasteiger partial charge in [-0.05, 0) is 54.1 Å². The summed E-state index contributed by atoms with van der Waals surface area (Å²) in [7, 11) is -1.94. The maximum atomic E-state index is 13.3. The van der Waals surface area contributed by atoms with Crippen LogP contribution < -0.4 is 15.0 Å². The van der Waals surface area contributed by atoms with Crippen LogP contribution >= 0.6 is 0 Å². The summed E-state index contributed by atoms with van der Waals surface area (Å²) in [4.78, 5) is 11.6. The lowest BCUT2D eigenvalue weighted by Crippen LogP contribution is -2.49. The summed E-state index contributed by atoms with van der Waals surface area (Å²) in [5.41, 5.74) is 1.72. The van der Waals surface area contributed by atoms with E-state index in [0.29, 0.717) is 42.8 Å². The molecule has 0 bridgehead atoms. The van der Waals surface area contributed by atoms with Gasteiger partial charge in [-0.2, -0.15) is 9.29 Å². The van der Waals surface area contributed by atoms with Gasteiger partial charge in [-0.25, -0.2) is 13.4 Å². The Bertz CT molecular complexity index is 1450. The Balaban J connectivity index is 1.29. The van der Waals surface area contributed by atoms with Crippen LogP contribution in [-0.2, 0) is 10.0 Å². The quantitative estimate of drug-likeness (QED) is 0.434. The fourth-order valence-corrected chi connectivity index (χ4v) is 5.64. The third-order valence-electron chi connectivity index (χ3n) is 6.09. The lowest BCUT2D eigenvalue weighted by Gasteiger charge is -2.34. The van der Waals surface area contributed by atoms with E-state index >= 15 is 0 Å². The molecule has 0 spiro atoms. The number of rotatable bonds is 6. The van der Waals surface area contributed by atoms with Crippen molar-refractivity contribution in [2.45, 2.75) is 11.8 Å². The summed E-state index contributed by atoms with van der Waals surface area (Å²) >= 11 is 0. The van der Waals surface area contributed by atoms with E-state index in [-0.39, 0.29) is 0 Å². The first-order valence-electron chi connectivity index (χ1n) is 11.4. The van der Waals surface area contributed by atoms with Gasteiger partial charge in [0.05, 0.1) is 12.0 Å². The molecule has 1 aliphatic heterocycles. The van der Waals surface area contributed by atoms with E-state index in [1.54, 1.807) is 23.5 Å². The highest BCUT2D eigenvalue weighted by Crippen LogP contribution is 2.25. The van der Waals surface area contributed by atoms with Crippen molar-refractivity contribution >= 4 is 38.2 Å². The minimum atomic E-state index is -3.58. The van der Waals surface area contributed by atoms with E-state index in [9.17, 15) is 8.42 Å². The molecule has 180 valence electrons. The molecular weight excluding hydrogens is 462 g/mol. The average molecular weight is 490 g/mol. The molecule has 0 radical (unpaired) electrons. The smallest absolute Gasteiger partial charge is 0.243 e. The Hall–Kier alpha value is -3.69. The van der Waals surface area contributed by atoms with Crippen molar-refractivity contribution in [1.82, 2.24) is 14.3 Å². The van der Waals surface area contributed by atoms with Crippen LogP contribution in [0.15, 0.2) is 77.7 Å². The van der Waals surface area contributed by atoms with Gasteiger partial charge < -0.3 is 15.0 Å². The topological polar surface area (TPSA) is 87.7 Å². The summed E-state index contributed by atoms with van der Waals surface area (Å²) < 4.78 is 33.3. The summed E-state index contributed by atoms with van der Waals surface area (Å²) in [5.74, 6) is 2.05. The summed E-state index contributed by atoms with van der Waals surface area (Å²) in [5, 5.41) is 5.24. The Morgan fingerprint density at radius 2 is 1.57 bits per heavy atom. The molecule has 9 heteroatoms. The van der Waals surface area contributed by atoms with Gasteiger partial charge in [0.1, 0.15) is 11.6 Å². The molecule has 1 saturated heterocycles. The number of piperazine rings is 1. The second kappa shape index (κ2) is 9.52. The third-order valence-corrected chi connectivity index (χ3v) is 7.98. The number of nitrogens with zero attached hydrogens (tertiary/aromatic N) is 4. The van der Waals surface area contributed by atoms with Crippen molar-refractivity contribution in [1.29, 1.82) is 0 Å². The van der Waals surface area contributed by atoms with Crippen LogP contribution in [-0.4, -0.2) is 56.0 Å². The number of aromatic nitrogens is 2. The van der Waals surface area contributed by atoms with Gasteiger partial charge in [0.2, 0.25) is 16.0 Å². The SMILES string of the molecule is COc1ccc(Nc2cc(C)nc(N3CCN(S(=O)(=O)c4ccc5ccccc5c4)CC3)n2)cc1. The number of fused-ring (bicyclic) bond motifs is 1. The molecule has 2 heterocycles. The molecule has 1 aromatic heterocycles. The number of anilines is 3. The van der Waals surface area contributed by atoms with Crippen molar-refractivity contribution in [3.05, 3.63) is 78.5 Å². The van der Waals surface area contributed by atoms with Crippen LogP contribution in [0, 0.1) is 6.92 Å². The van der Waals surface area contributed by atoms with E-state index < -0.39 is 10.0 Å². The van der Waals surface area contributed by atoms with Gasteiger partial charge in [-0.1, -0.05) is 30.3 Å². The number of benzene rings is 3. The molecule has 1 aliphatic rings. The molecular formula is C26H27N5O3S. The fourth-order valence-electron chi connectivity index (χ4n) is 4.19. The molecule has 35 heavy (non-hydrogen) atoms. The highest BCUT2D eigenvalue weighted by molar-refractivity contribution is 7.89. The Morgan fingerprint density at radius 1 is 0.857 bits per heavy atom. The highest BCUT2D eigenvalue weighted by atomic mass is 32.2. The maximum Gasteiger partial charge on any atom is 0.243 e. The highest BCUT2D eigenvalue weighted by Gasteiger charge is 2.29. The molecule has 1 N–H and O–H groups in total. The van der Waals surface area contributed by atoms with Gasteiger partial charge in [0.15, 0.2) is 0 Å². The second-order valence-corrected chi connectivity index (χ2v) is 10.4. The Morgan fingerprint density at radius 3 is 2.29 bits per heavy atom. The van der Waals surface area contributed by atoms with E-state index in [1.807, 2.05) is 72.5 Å². The van der Waals surface area contributed by atoms with Crippen molar-refractivity contribution in [2.75, 3.05) is 43.5 Å². The van der Waals surface area contributed by atoms with Crippen molar-refractivity contribution < 1.29 is 13.2 Å². The van der Waals surface area contributed by atoms with Crippen molar-refractivity contribution in [3.8, 4) is 5.75 Å². The maximum absolute atomic E-state index is 13.3. The van der Waals surface area contributed by atoms with E-state index in [2.05, 4.69) is 15.3 Å². The monoisotopic (exact) mass is 489 g/mol. The number of ether oxygens (including phenoxy) is 1. The molecule has 0 atom stereocenters. The summed E-state index contributed by atoms with van der Waals surface area (Å²) in [6.07, 6.45) is 0. The number of hydrogen-bond donors (Lipinski definition) is 1. The van der Waals surface area contributed by atoms with Crippen LogP contribution in [0.2, 0.25) is 0 Å².